The van der Waals surface area contributed by atoms with Crippen molar-refractivity contribution in [3.8, 4) is 0 Å². The molecule has 2 amide bonds. The van der Waals surface area contributed by atoms with E-state index in [4.69, 9.17) is 4.74 Å². The summed E-state index contributed by atoms with van der Waals surface area (Å²) in [5.41, 5.74) is 1.58. The Hall–Kier alpha value is -2.45. The van der Waals surface area contributed by atoms with E-state index in [1.54, 1.807) is 12.1 Å². The second kappa shape index (κ2) is 7.18. The second-order valence-electron chi connectivity index (χ2n) is 6.65. The Morgan fingerprint density at radius 3 is 2.75 bits per heavy atom. The molecule has 2 aromatic carbocycles. The maximum atomic E-state index is 14.1. The van der Waals surface area contributed by atoms with E-state index in [0.29, 0.717) is 29.1 Å². The molecule has 0 aromatic heterocycles. The SMILES string of the molecule is COCC(=O)N1CCS[C@@]12C(=O)N(Cc1cccc(F)c1)c1ccc(F)cc12. The average Bonchev–Trinajstić information content (AvgIpc) is 3.20. The Labute approximate surface area is 165 Å². The van der Waals surface area contributed by atoms with E-state index in [1.807, 2.05) is 0 Å². The Morgan fingerprint density at radius 1 is 1.21 bits per heavy atom. The third-order valence-corrected chi connectivity index (χ3v) is 6.37. The van der Waals surface area contributed by atoms with Crippen LogP contribution >= 0.6 is 11.8 Å². The van der Waals surface area contributed by atoms with Gasteiger partial charge in [-0.25, -0.2) is 8.78 Å². The maximum absolute atomic E-state index is 14.1. The summed E-state index contributed by atoms with van der Waals surface area (Å²) in [6.45, 7) is 0.330. The minimum absolute atomic E-state index is 0.129. The maximum Gasteiger partial charge on any atom is 0.268 e. The van der Waals surface area contributed by atoms with Crippen molar-refractivity contribution in [1.82, 2.24) is 4.90 Å². The van der Waals surface area contributed by atoms with Gasteiger partial charge in [0, 0.05) is 25.0 Å². The van der Waals surface area contributed by atoms with E-state index in [2.05, 4.69) is 0 Å². The van der Waals surface area contributed by atoms with E-state index in [9.17, 15) is 18.4 Å². The molecular formula is C20H18F2N2O3S. The Balaban J connectivity index is 1.80. The van der Waals surface area contributed by atoms with Gasteiger partial charge in [-0.1, -0.05) is 12.1 Å². The van der Waals surface area contributed by atoms with E-state index in [0.717, 1.165) is 0 Å². The number of ether oxygens (including phenoxy) is 1. The number of fused-ring (bicyclic) bond motifs is 2. The lowest BCUT2D eigenvalue weighted by Crippen LogP contribution is -2.51. The van der Waals surface area contributed by atoms with Crippen molar-refractivity contribution in [3.05, 3.63) is 65.2 Å². The number of benzene rings is 2. The molecule has 0 N–H and O–H groups in total. The Morgan fingerprint density at radius 2 is 2.00 bits per heavy atom. The molecule has 2 aromatic rings. The number of nitrogens with zero attached hydrogens (tertiary/aromatic N) is 2. The lowest BCUT2D eigenvalue weighted by molar-refractivity contribution is -0.143. The molecule has 0 unspecified atom stereocenters. The lowest BCUT2D eigenvalue weighted by atomic mass is 10.1. The summed E-state index contributed by atoms with van der Waals surface area (Å²) in [5.74, 6) is -0.992. The molecule has 0 aliphatic carbocycles. The fraction of sp³-hybridized carbons (Fsp3) is 0.300. The minimum atomic E-state index is -1.32. The summed E-state index contributed by atoms with van der Waals surface area (Å²) in [6, 6.07) is 10.1. The van der Waals surface area contributed by atoms with Gasteiger partial charge in [0.2, 0.25) is 5.91 Å². The molecule has 28 heavy (non-hydrogen) atoms. The molecule has 2 aliphatic heterocycles. The molecule has 2 heterocycles. The highest BCUT2D eigenvalue weighted by atomic mass is 32.2. The number of anilines is 1. The molecule has 0 bridgehead atoms. The largest absolute Gasteiger partial charge is 0.375 e. The fourth-order valence-corrected chi connectivity index (χ4v) is 5.29. The summed E-state index contributed by atoms with van der Waals surface area (Å²) in [4.78, 5) is 27.8. The van der Waals surface area contributed by atoms with Crippen molar-refractivity contribution in [3.63, 3.8) is 0 Å². The molecule has 1 atom stereocenters. The number of methoxy groups -OCH3 is 1. The summed E-state index contributed by atoms with van der Waals surface area (Å²) >= 11 is 1.31. The first-order valence-corrected chi connectivity index (χ1v) is 9.75. The number of halogens is 2. The zero-order chi connectivity index (χ0) is 19.9. The van der Waals surface area contributed by atoms with Crippen LogP contribution in [-0.2, 0) is 25.7 Å². The number of carbonyl (C=O) groups excluding carboxylic acids is 2. The van der Waals surface area contributed by atoms with Gasteiger partial charge in [-0.05, 0) is 35.9 Å². The van der Waals surface area contributed by atoms with Gasteiger partial charge in [-0.15, -0.1) is 11.8 Å². The molecule has 0 radical (unpaired) electrons. The van der Waals surface area contributed by atoms with Crippen LogP contribution in [0.1, 0.15) is 11.1 Å². The van der Waals surface area contributed by atoms with Crippen LogP contribution in [0.25, 0.3) is 0 Å². The van der Waals surface area contributed by atoms with Crippen LogP contribution in [0.3, 0.4) is 0 Å². The van der Waals surface area contributed by atoms with Crippen LogP contribution in [-0.4, -0.2) is 42.7 Å². The van der Waals surface area contributed by atoms with E-state index in [-0.39, 0.29) is 25.0 Å². The molecule has 1 fully saturated rings. The van der Waals surface area contributed by atoms with E-state index < -0.39 is 16.5 Å². The minimum Gasteiger partial charge on any atom is -0.375 e. The van der Waals surface area contributed by atoms with Gasteiger partial charge >= 0.3 is 0 Å². The Bertz CT molecular complexity index is 955. The molecule has 1 saturated heterocycles. The number of rotatable bonds is 4. The van der Waals surface area contributed by atoms with Gasteiger partial charge in [-0.3, -0.25) is 9.59 Å². The zero-order valence-corrected chi connectivity index (χ0v) is 16.0. The van der Waals surface area contributed by atoms with Crippen molar-refractivity contribution >= 4 is 29.3 Å². The number of hydrogen-bond acceptors (Lipinski definition) is 4. The highest BCUT2D eigenvalue weighted by molar-refractivity contribution is 8.01. The lowest BCUT2D eigenvalue weighted by Gasteiger charge is -2.33. The van der Waals surface area contributed by atoms with Crippen molar-refractivity contribution < 1.29 is 23.1 Å². The number of thioether (sulfide) groups is 1. The average molecular weight is 404 g/mol. The highest BCUT2D eigenvalue weighted by Gasteiger charge is 2.59. The van der Waals surface area contributed by atoms with Gasteiger partial charge in [0.1, 0.15) is 18.2 Å². The topological polar surface area (TPSA) is 49.9 Å². The molecule has 5 nitrogen and oxygen atoms in total. The number of hydrogen-bond donors (Lipinski definition) is 0. The number of amides is 2. The molecule has 2 aliphatic rings. The van der Waals surface area contributed by atoms with Crippen LogP contribution in [0.15, 0.2) is 42.5 Å². The van der Waals surface area contributed by atoms with E-state index >= 15 is 0 Å². The van der Waals surface area contributed by atoms with Crippen LogP contribution in [0.2, 0.25) is 0 Å². The monoisotopic (exact) mass is 404 g/mol. The van der Waals surface area contributed by atoms with Crippen molar-refractivity contribution in [2.24, 2.45) is 0 Å². The van der Waals surface area contributed by atoms with Crippen molar-refractivity contribution in [2.45, 2.75) is 11.4 Å². The first-order valence-electron chi connectivity index (χ1n) is 8.77. The summed E-state index contributed by atoms with van der Waals surface area (Å²) < 4.78 is 32.7. The normalized spacial score (nSPS) is 20.9. The van der Waals surface area contributed by atoms with Gasteiger partial charge in [0.25, 0.3) is 5.91 Å². The molecule has 1 spiro atoms. The predicted molar refractivity (Wildman–Crippen MR) is 102 cm³/mol. The quantitative estimate of drug-likeness (QED) is 0.786. The van der Waals surface area contributed by atoms with Crippen LogP contribution in [0.5, 0.6) is 0 Å². The summed E-state index contributed by atoms with van der Waals surface area (Å²) in [7, 11) is 1.41. The Kier molecular flexibility index (Phi) is 4.84. The van der Waals surface area contributed by atoms with Crippen molar-refractivity contribution in [1.29, 1.82) is 0 Å². The van der Waals surface area contributed by atoms with Gasteiger partial charge in [0.05, 0.1) is 12.2 Å². The predicted octanol–water partition coefficient (Wildman–Crippen LogP) is 2.89. The van der Waals surface area contributed by atoms with Gasteiger partial charge in [-0.2, -0.15) is 0 Å². The smallest absolute Gasteiger partial charge is 0.268 e. The van der Waals surface area contributed by atoms with Crippen LogP contribution in [0.4, 0.5) is 14.5 Å². The summed E-state index contributed by atoms with van der Waals surface area (Å²) in [6.07, 6.45) is 0. The molecule has 146 valence electrons. The van der Waals surface area contributed by atoms with E-state index in [1.165, 1.54) is 59.0 Å². The molecular weight excluding hydrogens is 386 g/mol. The van der Waals surface area contributed by atoms with Crippen molar-refractivity contribution in [2.75, 3.05) is 30.9 Å². The zero-order valence-electron chi connectivity index (χ0n) is 15.2. The van der Waals surface area contributed by atoms with Gasteiger partial charge in [0.15, 0.2) is 4.87 Å². The third-order valence-electron chi connectivity index (χ3n) is 4.95. The van der Waals surface area contributed by atoms with Gasteiger partial charge < -0.3 is 14.5 Å². The first-order chi connectivity index (χ1) is 13.5. The number of carbonyl (C=O) groups is 2. The van der Waals surface area contributed by atoms with Crippen LogP contribution in [0, 0.1) is 11.6 Å². The fourth-order valence-electron chi connectivity index (χ4n) is 3.82. The first kappa shape index (κ1) is 18.9. The molecule has 8 heteroatoms. The summed E-state index contributed by atoms with van der Waals surface area (Å²) in [5, 5.41) is 0. The standard InChI is InChI=1S/C20H18F2N2O3S/c1-27-12-18(25)24-7-8-28-20(24)16-10-15(22)5-6-17(16)23(19(20)26)11-13-3-2-4-14(21)9-13/h2-6,9-10H,7-8,11-12H2,1H3/t20-/m0/s1. The molecule has 0 saturated carbocycles. The highest BCUT2D eigenvalue weighted by Crippen LogP contribution is 2.54. The molecule has 4 rings (SSSR count). The van der Waals surface area contributed by atoms with Crippen LogP contribution < -0.4 is 4.90 Å². The third kappa shape index (κ3) is 2.87. The second-order valence-corrected chi connectivity index (χ2v) is 7.94.